The van der Waals surface area contributed by atoms with Gasteiger partial charge in [0.2, 0.25) is 0 Å². The van der Waals surface area contributed by atoms with E-state index in [0.717, 1.165) is 51.9 Å². The number of hydroxylamine groups is 2. The minimum absolute atomic E-state index is 0.0119. The molecule has 0 aliphatic carbocycles. The van der Waals surface area contributed by atoms with Crippen LogP contribution in [0.25, 0.3) is 0 Å². The molecule has 3 unspecified atom stereocenters. The lowest BCUT2D eigenvalue weighted by Gasteiger charge is -2.41. The molecular weight excluding hydrogens is 450 g/mol. The number of rotatable bonds is 2. The molecule has 3 atom stereocenters. The van der Waals surface area contributed by atoms with Crippen molar-refractivity contribution in [1.82, 2.24) is 20.3 Å². The van der Waals surface area contributed by atoms with Gasteiger partial charge in [0.1, 0.15) is 0 Å². The van der Waals surface area contributed by atoms with Gasteiger partial charge in [-0.2, -0.15) is 0 Å². The van der Waals surface area contributed by atoms with Gasteiger partial charge in [-0.3, -0.25) is 4.98 Å². The van der Waals surface area contributed by atoms with E-state index in [-0.39, 0.29) is 22.3 Å². The molecule has 0 radical (unpaired) electrons. The van der Waals surface area contributed by atoms with Crippen molar-refractivity contribution in [1.29, 1.82) is 0 Å². The molecule has 0 aromatic carbocycles. The van der Waals surface area contributed by atoms with Gasteiger partial charge in [-0.25, -0.2) is 9.59 Å². The van der Waals surface area contributed by atoms with Crippen molar-refractivity contribution in [3.63, 3.8) is 0 Å². The third kappa shape index (κ3) is 5.48. The van der Waals surface area contributed by atoms with Crippen molar-refractivity contribution < 1.29 is 24.6 Å². The van der Waals surface area contributed by atoms with Gasteiger partial charge >= 0.3 is 12.2 Å². The van der Waals surface area contributed by atoms with Crippen LogP contribution in [0, 0.1) is 16.2 Å². The Morgan fingerprint density at radius 2 is 1.77 bits per heavy atom. The molecule has 194 valence electrons. The number of amides is 1. The van der Waals surface area contributed by atoms with Crippen molar-refractivity contribution in [2.75, 3.05) is 50.7 Å². The Morgan fingerprint density at radius 3 is 2.34 bits per heavy atom. The van der Waals surface area contributed by atoms with Crippen molar-refractivity contribution in [2.45, 2.75) is 52.5 Å². The van der Waals surface area contributed by atoms with Gasteiger partial charge in [-0.05, 0) is 49.8 Å². The number of likely N-dealkylation sites (tertiary alicyclic amines) is 1. The Balaban J connectivity index is 0.000000165. The SMILES string of the molecule is CC(C)(C)C1N(OC(=O)O)CCC12CCNC2.O=C(O)N1CCC2(CCN(c3ccncc3)C2)C1. The van der Waals surface area contributed by atoms with Crippen molar-refractivity contribution in [3.05, 3.63) is 24.5 Å². The van der Waals surface area contributed by atoms with Gasteiger partial charge in [0, 0.05) is 68.2 Å². The minimum Gasteiger partial charge on any atom is -0.465 e. The monoisotopic (exact) mass is 489 g/mol. The first-order valence-corrected chi connectivity index (χ1v) is 12.5. The summed E-state index contributed by atoms with van der Waals surface area (Å²) in [5.74, 6) is 0. The lowest BCUT2D eigenvalue weighted by Crippen LogP contribution is -2.49. The molecule has 0 bridgehead atoms. The van der Waals surface area contributed by atoms with Crippen LogP contribution in [0.4, 0.5) is 15.3 Å². The van der Waals surface area contributed by atoms with Crippen LogP contribution in [0.1, 0.15) is 46.5 Å². The van der Waals surface area contributed by atoms with E-state index in [1.807, 2.05) is 12.1 Å². The lowest BCUT2D eigenvalue weighted by molar-refractivity contribution is -0.164. The first-order chi connectivity index (χ1) is 16.5. The number of pyridine rings is 1. The zero-order chi connectivity index (χ0) is 25.3. The predicted molar refractivity (Wildman–Crippen MR) is 131 cm³/mol. The maximum Gasteiger partial charge on any atom is 0.525 e. The molecule has 35 heavy (non-hydrogen) atoms. The van der Waals surface area contributed by atoms with Gasteiger partial charge in [0.05, 0.1) is 6.04 Å². The molecule has 10 heteroatoms. The molecule has 4 saturated heterocycles. The van der Waals surface area contributed by atoms with Crippen LogP contribution in [0.5, 0.6) is 0 Å². The topological polar surface area (TPSA) is 118 Å². The van der Waals surface area contributed by atoms with E-state index in [0.29, 0.717) is 19.6 Å². The third-order valence-corrected chi connectivity index (χ3v) is 8.17. The van der Waals surface area contributed by atoms with E-state index in [1.165, 1.54) is 5.69 Å². The number of carbonyl (C=O) groups is 2. The Kier molecular flexibility index (Phi) is 7.15. The van der Waals surface area contributed by atoms with Crippen LogP contribution in [0.15, 0.2) is 24.5 Å². The molecule has 4 aliphatic rings. The number of hydrogen-bond donors (Lipinski definition) is 3. The Morgan fingerprint density at radius 1 is 1.06 bits per heavy atom. The second kappa shape index (κ2) is 9.81. The van der Waals surface area contributed by atoms with E-state index < -0.39 is 12.2 Å². The average Bonchev–Trinajstić information content (AvgIpc) is 3.58. The largest absolute Gasteiger partial charge is 0.525 e. The fourth-order valence-corrected chi connectivity index (χ4v) is 6.81. The summed E-state index contributed by atoms with van der Waals surface area (Å²) in [6.45, 7) is 12.5. The molecule has 2 spiro atoms. The zero-order valence-corrected chi connectivity index (χ0v) is 21.1. The molecule has 1 amide bonds. The second-order valence-corrected chi connectivity index (χ2v) is 11.6. The van der Waals surface area contributed by atoms with E-state index in [9.17, 15) is 9.59 Å². The minimum atomic E-state index is -1.21. The fraction of sp³-hybridized carbons (Fsp3) is 0.720. The Hall–Kier alpha value is -2.59. The molecule has 5 heterocycles. The van der Waals surface area contributed by atoms with Crippen LogP contribution >= 0.6 is 0 Å². The number of nitrogens with one attached hydrogen (secondary N) is 1. The van der Waals surface area contributed by atoms with Gasteiger partial charge in [-0.1, -0.05) is 20.8 Å². The first-order valence-electron chi connectivity index (χ1n) is 12.5. The van der Waals surface area contributed by atoms with Gasteiger partial charge in [0.15, 0.2) is 0 Å². The maximum absolute atomic E-state index is 11.0. The second-order valence-electron chi connectivity index (χ2n) is 11.6. The Bertz CT molecular complexity index is 901. The van der Waals surface area contributed by atoms with Crippen LogP contribution < -0.4 is 10.2 Å². The number of hydrogen-bond acceptors (Lipinski definition) is 7. The van der Waals surface area contributed by atoms with Crippen LogP contribution in [0.2, 0.25) is 0 Å². The van der Waals surface area contributed by atoms with E-state index in [1.54, 1.807) is 22.4 Å². The summed E-state index contributed by atoms with van der Waals surface area (Å²) in [5.41, 5.74) is 1.54. The molecule has 10 nitrogen and oxygen atoms in total. The predicted octanol–water partition coefficient (Wildman–Crippen LogP) is 3.36. The van der Waals surface area contributed by atoms with Crippen molar-refractivity contribution in [3.8, 4) is 0 Å². The van der Waals surface area contributed by atoms with Crippen LogP contribution in [0.3, 0.4) is 0 Å². The van der Waals surface area contributed by atoms with Gasteiger partial charge < -0.3 is 30.2 Å². The molecule has 4 fully saturated rings. The molecule has 5 rings (SSSR count). The standard InChI is InChI=1S/C13H17N3O2.C12H22N2O3/c17-12(18)16-8-4-13(10-16)3-7-15(9-13)11-1-5-14-6-2-11;1-11(2,3)9-12(4-6-13-8-12)5-7-14(9)17-10(15)16/h1-2,5-6H,3-4,7-10H2,(H,17,18);9,13H,4-8H2,1-3H3,(H,15,16). The molecular formula is C25H39N5O5. The van der Waals surface area contributed by atoms with Crippen molar-refractivity contribution in [2.24, 2.45) is 16.2 Å². The van der Waals surface area contributed by atoms with Gasteiger partial charge in [0.25, 0.3) is 0 Å². The van der Waals surface area contributed by atoms with Crippen LogP contribution in [-0.4, -0.2) is 89.3 Å². The molecule has 0 saturated carbocycles. The normalized spacial score (nSPS) is 30.7. The van der Waals surface area contributed by atoms with E-state index >= 15 is 0 Å². The first kappa shape index (κ1) is 25.5. The third-order valence-electron chi connectivity index (χ3n) is 8.17. The average molecular weight is 490 g/mol. The lowest BCUT2D eigenvalue weighted by atomic mass is 9.69. The molecule has 3 N–H and O–H groups in total. The highest BCUT2D eigenvalue weighted by Gasteiger charge is 2.55. The highest BCUT2D eigenvalue weighted by atomic mass is 16.8. The summed E-state index contributed by atoms with van der Waals surface area (Å²) in [4.78, 5) is 34.6. The number of anilines is 1. The highest BCUT2D eigenvalue weighted by Crippen LogP contribution is 2.49. The summed E-state index contributed by atoms with van der Waals surface area (Å²) in [5, 5.41) is 22.9. The Labute approximate surface area is 207 Å². The molecule has 4 aliphatic heterocycles. The molecule has 1 aromatic heterocycles. The van der Waals surface area contributed by atoms with Crippen molar-refractivity contribution >= 4 is 17.9 Å². The summed E-state index contributed by atoms with van der Waals surface area (Å²) < 4.78 is 0. The summed E-state index contributed by atoms with van der Waals surface area (Å²) in [7, 11) is 0. The number of nitrogens with zero attached hydrogens (tertiary/aromatic N) is 4. The summed E-state index contributed by atoms with van der Waals surface area (Å²) in [6, 6.07) is 4.19. The quantitative estimate of drug-likeness (QED) is 0.574. The number of carboxylic acid groups (broad SMARTS) is 2. The van der Waals surface area contributed by atoms with Crippen LogP contribution in [-0.2, 0) is 4.84 Å². The maximum atomic E-state index is 11.0. The number of aromatic nitrogens is 1. The summed E-state index contributed by atoms with van der Waals surface area (Å²) >= 11 is 0. The van der Waals surface area contributed by atoms with E-state index in [4.69, 9.17) is 15.1 Å². The summed E-state index contributed by atoms with van der Waals surface area (Å²) in [6.07, 6.45) is 5.80. The van der Waals surface area contributed by atoms with E-state index in [2.05, 4.69) is 36.0 Å². The van der Waals surface area contributed by atoms with Gasteiger partial charge in [-0.15, -0.1) is 5.06 Å². The smallest absolute Gasteiger partial charge is 0.465 e. The zero-order valence-electron chi connectivity index (χ0n) is 21.1. The molecule has 1 aromatic rings. The fourth-order valence-electron chi connectivity index (χ4n) is 6.81. The highest BCUT2D eigenvalue weighted by molar-refractivity contribution is 5.65.